The summed E-state index contributed by atoms with van der Waals surface area (Å²) in [5.74, 6) is -0.725. The second-order valence-corrected chi connectivity index (χ2v) is 8.76. The number of hydrogen-bond acceptors (Lipinski definition) is 5. The predicted octanol–water partition coefficient (Wildman–Crippen LogP) is 2.79. The molecule has 3 rings (SSSR count). The fourth-order valence-corrected chi connectivity index (χ4v) is 5.14. The Morgan fingerprint density at radius 1 is 1.40 bits per heavy atom. The second kappa shape index (κ2) is 7.03. The highest BCUT2D eigenvalue weighted by Crippen LogP contribution is 2.38. The van der Waals surface area contributed by atoms with Crippen LogP contribution in [0.1, 0.15) is 30.2 Å². The van der Waals surface area contributed by atoms with Gasteiger partial charge in [0.2, 0.25) is 10.0 Å². The molecule has 1 aromatic heterocycles. The standard InChI is InChI=1S/C17H20FNO4S2/c1-2-23-15-6-5-12(10-14(15)18)25(21,22)19-11-17(20)8-3-4-16-13(17)7-9-24-16/h5-7,9-10,19-20H,2-4,8,11H2,1H3. The largest absolute Gasteiger partial charge is 0.491 e. The van der Waals surface area contributed by atoms with Gasteiger partial charge in [0.05, 0.1) is 11.5 Å². The summed E-state index contributed by atoms with van der Waals surface area (Å²) in [7, 11) is -3.94. The molecule has 0 bridgehead atoms. The number of halogens is 1. The summed E-state index contributed by atoms with van der Waals surface area (Å²) < 4.78 is 46.3. The first-order valence-corrected chi connectivity index (χ1v) is 10.4. The number of thiophene rings is 1. The summed E-state index contributed by atoms with van der Waals surface area (Å²) in [6.07, 6.45) is 2.17. The maximum atomic E-state index is 13.9. The first-order valence-electron chi connectivity index (χ1n) is 8.07. The van der Waals surface area contributed by atoms with Crippen LogP contribution in [0.15, 0.2) is 34.5 Å². The van der Waals surface area contributed by atoms with Crippen LogP contribution < -0.4 is 9.46 Å². The molecule has 2 aromatic rings. The van der Waals surface area contributed by atoms with Gasteiger partial charge in [0.1, 0.15) is 5.60 Å². The van der Waals surface area contributed by atoms with E-state index < -0.39 is 21.4 Å². The Balaban J connectivity index is 1.78. The average molecular weight is 385 g/mol. The summed E-state index contributed by atoms with van der Waals surface area (Å²) in [6, 6.07) is 5.34. The zero-order valence-corrected chi connectivity index (χ0v) is 15.4. The van der Waals surface area contributed by atoms with Crippen molar-refractivity contribution in [1.82, 2.24) is 4.72 Å². The number of aryl methyl sites for hydroxylation is 1. The van der Waals surface area contributed by atoms with Crippen molar-refractivity contribution in [2.45, 2.75) is 36.7 Å². The molecule has 1 unspecified atom stereocenters. The average Bonchev–Trinajstić information content (AvgIpc) is 3.06. The zero-order chi connectivity index (χ0) is 18.1. The Labute approximate surface area is 150 Å². The van der Waals surface area contributed by atoms with Crippen LogP contribution in [0.4, 0.5) is 4.39 Å². The highest BCUT2D eigenvalue weighted by atomic mass is 32.2. The summed E-state index contributed by atoms with van der Waals surface area (Å²) in [6.45, 7) is 1.86. The monoisotopic (exact) mass is 385 g/mol. The van der Waals surface area contributed by atoms with Gasteiger partial charge in [0, 0.05) is 11.4 Å². The third kappa shape index (κ3) is 3.72. The van der Waals surface area contributed by atoms with Crippen LogP contribution in [0.3, 0.4) is 0 Å². The van der Waals surface area contributed by atoms with E-state index in [9.17, 15) is 17.9 Å². The van der Waals surface area contributed by atoms with E-state index in [4.69, 9.17) is 4.74 Å². The lowest BCUT2D eigenvalue weighted by Crippen LogP contribution is -2.42. The summed E-state index contributed by atoms with van der Waals surface area (Å²) in [4.78, 5) is 0.887. The minimum absolute atomic E-state index is 0.00951. The van der Waals surface area contributed by atoms with Crippen LogP contribution in [0.2, 0.25) is 0 Å². The van der Waals surface area contributed by atoms with Gasteiger partial charge >= 0.3 is 0 Å². The van der Waals surface area contributed by atoms with Crippen molar-refractivity contribution < 1.29 is 22.7 Å². The Morgan fingerprint density at radius 2 is 2.20 bits per heavy atom. The van der Waals surface area contributed by atoms with E-state index in [1.807, 2.05) is 11.4 Å². The Morgan fingerprint density at radius 3 is 2.92 bits per heavy atom. The van der Waals surface area contributed by atoms with Gasteiger partial charge in [0.25, 0.3) is 0 Å². The number of aliphatic hydroxyl groups is 1. The lowest BCUT2D eigenvalue weighted by molar-refractivity contribution is 0.0252. The third-order valence-corrected chi connectivity index (χ3v) is 6.69. The quantitative estimate of drug-likeness (QED) is 0.802. The van der Waals surface area contributed by atoms with Crippen molar-refractivity contribution in [3.05, 3.63) is 45.9 Å². The molecule has 2 N–H and O–H groups in total. The number of rotatable bonds is 6. The maximum absolute atomic E-state index is 13.9. The molecule has 0 saturated heterocycles. The van der Waals surface area contributed by atoms with Gasteiger partial charge in [0.15, 0.2) is 11.6 Å². The van der Waals surface area contributed by atoms with Crippen LogP contribution >= 0.6 is 11.3 Å². The van der Waals surface area contributed by atoms with E-state index in [2.05, 4.69) is 4.72 Å². The minimum Gasteiger partial charge on any atom is -0.491 e. The lowest BCUT2D eigenvalue weighted by Gasteiger charge is -2.32. The molecule has 0 amide bonds. The molecule has 0 aliphatic heterocycles. The Hall–Kier alpha value is -1.48. The highest BCUT2D eigenvalue weighted by Gasteiger charge is 2.36. The summed E-state index contributed by atoms with van der Waals surface area (Å²) >= 11 is 1.56. The van der Waals surface area contributed by atoms with Gasteiger partial charge in [-0.15, -0.1) is 11.3 Å². The van der Waals surface area contributed by atoms with E-state index in [1.54, 1.807) is 18.3 Å². The van der Waals surface area contributed by atoms with E-state index >= 15 is 0 Å². The fourth-order valence-electron chi connectivity index (χ4n) is 3.03. The minimum atomic E-state index is -3.94. The SMILES string of the molecule is CCOc1ccc(S(=O)(=O)NCC2(O)CCCc3sccc32)cc1F. The van der Waals surface area contributed by atoms with Crippen molar-refractivity contribution >= 4 is 21.4 Å². The van der Waals surface area contributed by atoms with Gasteiger partial charge in [-0.25, -0.2) is 17.5 Å². The van der Waals surface area contributed by atoms with Gasteiger partial charge in [-0.2, -0.15) is 0 Å². The smallest absolute Gasteiger partial charge is 0.240 e. The van der Waals surface area contributed by atoms with Crippen molar-refractivity contribution in [3.63, 3.8) is 0 Å². The Kier molecular flexibility index (Phi) is 5.15. The van der Waals surface area contributed by atoms with E-state index in [-0.39, 0.29) is 23.8 Å². The zero-order valence-electron chi connectivity index (χ0n) is 13.8. The van der Waals surface area contributed by atoms with Crippen LogP contribution in [-0.2, 0) is 22.0 Å². The first-order chi connectivity index (χ1) is 11.9. The van der Waals surface area contributed by atoms with E-state index in [0.29, 0.717) is 6.42 Å². The second-order valence-electron chi connectivity index (χ2n) is 5.99. The number of benzene rings is 1. The molecule has 1 aromatic carbocycles. The summed E-state index contributed by atoms with van der Waals surface area (Å²) in [5, 5.41) is 12.8. The number of hydrogen-bond donors (Lipinski definition) is 2. The fraction of sp³-hybridized carbons (Fsp3) is 0.412. The van der Waals surface area contributed by atoms with E-state index in [1.165, 1.54) is 12.1 Å². The molecule has 0 radical (unpaired) electrons. The van der Waals surface area contributed by atoms with Crippen molar-refractivity contribution in [3.8, 4) is 5.75 Å². The molecule has 5 nitrogen and oxygen atoms in total. The van der Waals surface area contributed by atoms with Crippen LogP contribution in [0, 0.1) is 5.82 Å². The van der Waals surface area contributed by atoms with Gasteiger partial charge in [-0.1, -0.05) is 0 Å². The molecule has 1 heterocycles. The maximum Gasteiger partial charge on any atom is 0.240 e. The molecule has 25 heavy (non-hydrogen) atoms. The lowest BCUT2D eigenvalue weighted by atomic mass is 9.83. The van der Waals surface area contributed by atoms with Crippen LogP contribution in [0.5, 0.6) is 5.75 Å². The van der Waals surface area contributed by atoms with Gasteiger partial charge in [-0.3, -0.25) is 0 Å². The molecule has 136 valence electrons. The highest BCUT2D eigenvalue weighted by molar-refractivity contribution is 7.89. The molecule has 8 heteroatoms. The topological polar surface area (TPSA) is 75.6 Å². The summed E-state index contributed by atoms with van der Waals surface area (Å²) in [5.41, 5.74) is -0.450. The van der Waals surface area contributed by atoms with Crippen molar-refractivity contribution in [2.75, 3.05) is 13.2 Å². The van der Waals surface area contributed by atoms with Crippen molar-refractivity contribution in [1.29, 1.82) is 0 Å². The molecular weight excluding hydrogens is 365 g/mol. The van der Waals surface area contributed by atoms with E-state index in [0.717, 1.165) is 29.3 Å². The van der Waals surface area contributed by atoms with Crippen molar-refractivity contribution in [2.24, 2.45) is 0 Å². The Bertz CT molecular complexity index is 865. The van der Waals surface area contributed by atoms with Gasteiger partial charge in [-0.05, 0) is 61.4 Å². The van der Waals surface area contributed by atoms with Crippen LogP contribution in [-0.4, -0.2) is 26.7 Å². The number of sulfonamides is 1. The molecule has 1 aliphatic carbocycles. The molecule has 0 saturated carbocycles. The predicted molar refractivity (Wildman–Crippen MR) is 93.9 cm³/mol. The molecule has 0 fully saturated rings. The molecular formula is C17H20FNO4S2. The molecule has 1 atom stereocenters. The normalized spacial score (nSPS) is 20.3. The molecule has 0 spiro atoms. The van der Waals surface area contributed by atoms with Crippen LogP contribution in [0.25, 0.3) is 0 Å². The number of ether oxygens (including phenoxy) is 1. The first kappa shape index (κ1) is 18.3. The third-order valence-electron chi connectivity index (χ3n) is 4.31. The molecule has 1 aliphatic rings. The number of fused-ring (bicyclic) bond motifs is 1. The van der Waals surface area contributed by atoms with Gasteiger partial charge < -0.3 is 9.84 Å². The number of nitrogens with one attached hydrogen (secondary N) is 1.